The monoisotopic (exact) mass is 403 g/mol. The average molecular weight is 404 g/mol. The quantitative estimate of drug-likeness (QED) is 0.315. The van der Waals surface area contributed by atoms with Crippen molar-refractivity contribution in [2.24, 2.45) is 4.99 Å². The number of nitrogens with zero attached hydrogens (tertiary/aromatic N) is 2. The minimum absolute atomic E-state index is 0.0566. The lowest BCUT2D eigenvalue weighted by atomic mass is 10.1. The average Bonchev–Trinajstić information content (AvgIpc) is 2.75. The van der Waals surface area contributed by atoms with Gasteiger partial charge in [0, 0.05) is 65.1 Å². The second-order valence-electron chi connectivity index (χ2n) is 7.40. The largest absolute Gasteiger partial charge is 0.385 e. The molecule has 7 nitrogen and oxygen atoms in total. The number of piperidine rings is 1. The van der Waals surface area contributed by atoms with Gasteiger partial charge in [-0.1, -0.05) is 12.1 Å². The van der Waals surface area contributed by atoms with Crippen molar-refractivity contribution in [1.82, 2.24) is 20.9 Å². The Morgan fingerprint density at radius 2 is 2.10 bits per heavy atom. The van der Waals surface area contributed by atoms with Crippen molar-refractivity contribution in [3.05, 3.63) is 35.4 Å². The minimum Gasteiger partial charge on any atom is -0.385 e. The lowest BCUT2D eigenvalue weighted by molar-refractivity contribution is 0.0963. The highest BCUT2D eigenvalue weighted by Gasteiger charge is 2.19. The molecule has 0 aliphatic carbocycles. The fourth-order valence-electron chi connectivity index (χ4n) is 3.56. The van der Waals surface area contributed by atoms with Gasteiger partial charge in [-0.25, -0.2) is 0 Å². The van der Waals surface area contributed by atoms with Crippen LogP contribution in [0.3, 0.4) is 0 Å². The van der Waals surface area contributed by atoms with Gasteiger partial charge in [0.1, 0.15) is 0 Å². The van der Waals surface area contributed by atoms with Crippen molar-refractivity contribution in [2.75, 3.05) is 53.5 Å². The predicted molar refractivity (Wildman–Crippen MR) is 119 cm³/mol. The van der Waals surface area contributed by atoms with Crippen LogP contribution in [-0.4, -0.2) is 76.3 Å². The van der Waals surface area contributed by atoms with Gasteiger partial charge >= 0.3 is 0 Å². The van der Waals surface area contributed by atoms with Gasteiger partial charge in [0.15, 0.2) is 5.96 Å². The molecule has 0 unspecified atom stereocenters. The number of carbonyl (C=O) groups is 1. The van der Waals surface area contributed by atoms with Crippen LogP contribution >= 0.6 is 0 Å². The molecule has 29 heavy (non-hydrogen) atoms. The predicted octanol–water partition coefficient (Wildman–Crippen LogP) is 1.64. The van der Waals surface area contributed by atoms with Crippen LogP contribution in [0.15, 0.2) is 29.3 Å². The SMILES string of the molecule is CCNC(=NCCc1cccc(C(=O)NC)c1)NC1CCN(CCCOC)CC1. The van der Waals surface area contributed by atoms with E-state index in [0.717, 1.165) is 70.0 Å². The summed E-state index contributed by atoms with van der Waals surface area (Å²) in [6.07, 6.45) is 4.16. The van der Waals surface area contributed by atoms with E-state index in [1.807, 2.05) is 24.3 Å². The number of rotatable bonds is 10. The molecule has 2 rings (SSSR count). The van der Waals surface area contributed by atoms with Gasteiger partial charge in [0.05, 0.1) is 0 Å². The van der Waals surface area contributed by atoms with E-state index >= 15 is 0 Å². The van der Waals surface area contributed by atoms with E-state index in [9.17, 15) is 4.79 Å². The van der Waals surface area contributed by atoms with Crippen molar-refractivity contribution in [3.8, 4) is 0 Å². The molecule has 1 aromatic rings. The van der Waals surface area contributed by atoms with Crippen LogP contribution in [0.1, 0.15) is 42.1 Å². The van der Waals surface area contributed by atoms with Crippen molar-refractivity contribution in [2.45, 2.75) is 38.6 Å². The standard InChI is InChI=1S/C22H37N5O2/c1-4-24-22(26-20-10-14-27(15-11-20)13-6-16-29-3)25-12-9-18-7-5-8-19(17-18)21(28)23-2/h5,7-8,17,20H,4,6,9-16H2,1-3H3,(H,23,28)(H2,24,25,26). The molecule has 162 valence electrons. The first-order valence-corrected chi connectivity index (χ1v) is 10.7. The molecule has 1 fully saturated rings. The molecule has 0 saturated carbocycles. The number of likely N-dealkylation sites (tertiary alicyclic amines) is 1. The summed E-state index contributed by atoms with van der Waals surface area (Å²) in [5, 5.41) is 9.61. The third kappa shape index (κ3) is 8.41. The van der Waals surface area contributed by atoms with E-state index in [4.69, 9.17) is 9.73 Å². The molecular weight excluding hydrogens is 366 g/mol. The minimum atomic E-state index is -0.0566. The first-order valence-electron chi connectivity index (χ1n) is 10.7. The topological polar surface area (TPSA) is 78.0 Å². The normalized spacial score (nSPS) is 15.9. The second-order valence-corrected chi connectivity index (χ2v) is 7.40. The Morgan fingerprint density at radius 1 is 1.31 bits per heavy atom. The number of hydrogen-bond donors (Lipinski definition) is 3. The van der Waals surface area contributed by atoms with Gasteiger partial charge in [-0.15, -0.1) is 0 Å². The summed E-state index contributed by atoms with van der Waals surface area (Å²) < 4.78 is 5.14. The number of benzene rings is 1. The zero-order valence-corrected chi connectivity index (χ0v) is 18.2. The molecule has 0 bridgehead atoms. The van der Waals surface area contributed by atoms with Gasteiger partial charge in [-0.3, -0.25) is 9.79 Å². The Kier molecular flexibility index (Phi) is 10.5. The number of methoxy groups -OCH3 is 1. The molecule has 7 heteroatoms. The molecule has 0 atom stereocenters. The molecule has 1 heterocycles. The number of amides is 1. The van der Waals surface area contributed by atoms with Gasteiger partial charge in [0.2, 0.25) is 0 Å². The maximum Gasteiger partial charge on any atom is 0.251 e. The third-order valence-corrected chi connectivity index (χ3v) is 5.18. The van der Waals surface area contributed by atoms with Gasteiger partial charge in [0.25, 0.3) is 5.91 Å². The fourth-order valence-corrected chi connectivity index (χ4v) is 3.56. The molecule has 0 radical (unpaired) electrons. The summed E-state index contributed by atoms with van der Waals surface area (Å²) in [6, 6.07) is 8.20. The molecule has 3 N–H and O–H groups in total. The van der Waals surface area contributed by atoms with E-state index in [1.165, 1.54) is 0 Å². The molecule has 0 aromatic heterocycles. The fraction of sp³-hybridized carbons (Fsp3) is 0.636. The van der Waals surface area contributed by atoms with Crippen LogP contribution in [0.4, 0.5) is 0 Å². The summed E-state index contributed by atoms with van der Waals surface area (Å²) >= 11 is 0. The van der Waals surface area contributed by atoms with Gasteiger partial charge in [-0.2, -0.15) is 0 Å². The zero-order valence-electron chi connectivity index (χ0n) is 18.2. The molecule has 1 aliphatic rings. The summed E-state index contributed by atoms with van der Waals surface area (Å²) in [5.74, 6) is 0.826. The lowest BCUT2D eigenvalue weighted by Gasteiger charge is -2.33. The van der Waals surface area contributed by atoms with Crippen molar-refractivity contribution < 1.29 is 9.53 Å². The molecule has 1 amide bonds. The smallest absolute Gasteiger partial charge is 0.251 e. The van der Waals surface area contributed by atoms with Crippen molar-refractivity contribution >= 4 is 11.9 Å². The van der Waals surface area contributed by atoms with E-state index < -0.39 is 0 Å². The van der Waals surface area contributed by atoms with E-state index in [2.05, 4.69) is 27.8 Å². The number of nitrogens with one attached hydrogen (secondary N) is 3. The Balaban J connectivity index is 1.80. The van der Waals surface area contributed by atoms with Gasteiger partial charge < -0.3 is 25.6 Å². The first kappa shape index (κ1) is 23.2. The van der Waals surface area contributed by atoms with Crippen LogP contribution in [0.25, 0.3) is 0 Å². The van der Waals surface area contributed by atoms with Crippen LogP contribution in [-0.2, 0) is 11.2 Å². The summed E-state index contributed by atoms with van der Waals surface area (Å²) in [4.78, 5) is 19.0. The zero-order chi connectivity index (χ0) is 20.9. The lowest BCUT2D eigenvalue weighted by Crippen LogP contribution is -2.49. The van der Waals surface area contributed by atoms with Crippen LogP contribution in [0.2, 0.25) is 0 Å². The van der Waals surface area contributed by atoms with Crippen LogP contribution < -0.4 is 16.0 Å². The summed E-state index contributed by atoms with van der Waals surface area (Å²) in [7, 11) is 3.41. The van der Waals surface area contributed by atoms with Gasteiger partial charge in [-0.05, 0) is 50.3 Å². The Bertz CT molecular complexity index is 642. The highest BCUT2D eigenvalue weighted by atomic mass is 16.5. The molecule has 1 aliphatic heterocycles. The highest BCUT2D eigenvalue weighted by Crippen LogP contribution is 2.11. The van der Waals surface area contributed by atoms with E-state index in [1.54, 1.807) is 14.2 Å². The second kappa shape index (κ2) is 13.2. The number of carbonyl (C=O) groups excluding carboxylic acids is 1. The van der Waals surface area contributed by atoms with Crippen LogP contribution in [0, 0.1) is 0 Å². The first-order chi connectivity index (χ1) is 14.2. The molecule has 1 aromatic carbocycles. The summed E-state index contributed by atoms with van der Waals surface area (Å²) in [5.41, 5.74) is 1.81. The van der Waals surface area contributed by atoms with Crippen molar-refractivity contribution in [1.29, 1.82) is 0 Å². The number of aliphatic imine (C=N–C) groups is 1. The third-order valence-electron chi connectivity index (χ3n) is 5.18. The molecule has 1 saturated heterocycles. The Morgan fingerprint density at radius 3 is 2.79 bits per heavy atom. The molecular formula is C22H37N5O2. The number of guanidine groups is 1. The van der Waals surface area contributed by atoms with E-state index in [0.29, 0.717) is 18.2 Å². The molecule has 0 spiro atoms. The summed E-state index contributed by atoms with van der Waals surface area (Å²) in [6.45, 7) is 7.80. The number of hydrogen-bond acceptors (Lipinski definition) is 4. The maximum atomic E-state index is 11.8. The van der Waals surface area contributed by atoms with Crippen molar-refractivity contribution in [3.63, 3.8) is 0 Å². The Hall–Kier alpha value is -2.12. The van der Waals surface area contributed by atoms with Crippen LogP contribution in [0.5, 0.6) is 0 Å². The maximum absolute atomic E-state index is 11.8. The van der Waals surface area contributed by atoms with E-state index in [-0.39, 0.29) is 5.91 Å². The number of ether oxygens (including phenoxy) is 1. The Labute approximate surface area is 175 Å². The highest BCUT2D eigenvalue weighted by molar-refractivity contribution is 5.94.